The summed E-state index contributed by atoms with van der Waals surface area (Å²) in [6.45, 7) is 1.60. The van der Waals surface area contributed by atoms with Crippen LogP contribution in [0, 0.1) is 22.9 Å². The number of carbonyl (C=O) groups excluding carboxylic acids is 1. The fraction of sp³-hybridized carbons (Fsp3) is 0.133. The maximum Gasteiger partial charge on any atom is 0.269 e. The number of carbonyl (C=O) groups is 1. The molecule has 6 heteroatoms. The quantitative estimate of drug-likeness (QED) is 0.485. The molecule has 0 saturated heterocycles. The summed E-state index contributed by atoms with van der Waals surface area (Å²) in [7, 11) is 0. The van der Waals surface area contributed by atoms with Gasteiger partial charge in [0.05, 0.1) is 4.92 Å². The first-order valence-electron chi connectivity index (χ1n) is 6.11. The smallest absolute Gasteiger partial charge is 0.269 e. The van der Waals surface area contributed by atoms with Crippen LogP contribution in [0.25, 0.3) is 0 Å². The predicted molar refractivity (Wildman–Crippen MR) is 77.3 cm³/mol. The van der Waals surface area contributed by atoms with Crippen LogP contribution in [0.2, 0.25) is 5.02 Å². The highest BCUT2D eigenvalue weighted by Gasteiger charge is 2.17. The van der Waals surface area contributed by atoms with Crippen LogP contribution in [0.3, 0.4) is 0 Å². The molecule has 0 atom stereocenters. The average molecular weight is 308 g/mol. The molecule has 0 amide bonds. The van der Waals surface area contributed by atoms with E-state index in [1.165, 1.54) is 36.4 Å². The molecule has 2 aromatic rings. The highest BCUT2D eigenvalue weighted by Crippen LogP contribution is 2.23. The number of benzene rings is 2. The number of nitro benzene ring substituents is 1. The van der Waals surface area contributed by atoms with Gasteiger partial charge in [0.15, 0.2) is 5.78 Å². The van der Waals surface area contributed by atoms with Gasteiger partial charge < -0.3 is 0 Å². The highest BCUT2D eigenvalue weighted by atomic mass is 35.5. The van der Waals surface area contributed by atoms with Crippen molar-refractivity contribution in [3.63, 3.8) is 0 Å². The van der Waals surface area contributed by atoms with E-state index in [4.69, 9.17) is 11.6 Å². The van der Waals surface area contributed by atoms with Crippen LogP contribution in [0.5, 0.6) is 0 Å². The number of nitrogens with zero attached hydrogens (tertiary/aromatic N) is 1. The lowest BCUT2D eigenvalue weighted by molar-refractivity contribution is -0.384. The molecule has 0 heterocycles. The van der Waals surface area contributed by atoms with Gasteiger partial charge in [-0.25, -0.2) is 4.39 Å². The summed E-state index contributed by atoms with van der Waals surface area (Å²) in [5.41, 5.74) is 0.830. The molecule has 2 aromatic carbocycles. The van der Waals surface area contributed by atoms with E-state index in [0.717, 1.165) is 0 Å². The predicted octanol–water partition coefficient (Wildman–Crippen LogP) is 4.12. The van der Waals surface area contributed by atoms with Crippen LogP contribution in [-0.4, -0.2) is 10.7 Å². The second-order valence-electron chi connectivity index (χ2n) is 4.56. The van der Waals surface area contributed by atoms with Crippen molar-refractivity contribution in [1.29, 1.82) is 0 Å². The standard InChI is InChI=1S/C15H11ClFNO3/c1-9-7-10(18(20)21)5-6-11(9)15(19)8-12-13(16)3-2-4-14(12)17/h2-7H,8H2,1H3. The van der Waals surface area contributed by atoms with Gasteiger partial charge >= 0.3 is 0 Å². The van der Waals surface area contributed by atoms with Crippen LogP contribution in [0.4, 0.5) is 10.1 Å². The van der Waals surface area contributed by atoms with Crippen molar-refractivity contribution in [1.82, 2.24) is 0 Å². The van der Waals surface area contributed by atoms with Gasteiger partial charge in [-0.2, -0.15) is 0 Å². The van der Waals surface area contributed by atoms with Crippen molar-refractivity contribution < 1.29 is 14.1 Å². The number of rotatable bonds is 4. The Hall–Kier alpha value is -2.27. The number of hydrogen-bond donors (Lipinski definition) is 0. The van der Waals surface area contributed by atoms with Crippen molar-refractivity contribution in [3.8, 4) is 0 Å². The van der Waals surface area contributed by atoms with Gasteiger partial charge in [-0.3, -0.25) is 14.9 Å². The van der Waals surface area contributed by atoms with E-state index in [2.05, 4.69) is 0 Å². The molecule has 0 aliphatic heterocycles. The van der Waals surface area contributed by atoms with E-state index in [1.807, 2.05) is 0 Å². The van der Waals surface area contributed by atoms with Gasteiger partial charge in [-0.1, -0.05) is 17.7 Å². The molecule has 0 fully saturated rings. The molecular formula is C15H11ClFNO3. The first kappa shape index (κ1) is 15.1. The molecule has 0 aromatic heterocycles. The Balaban J connectivity index is 2.31. The summed E-state index contributed by atoms with van der Waals surface area (Å²) < 4.78 is 13.7. The Labute approximate surface area is 125 Å². The summed E-state index contributed by atoms with van der Waals surface area (Å²) in [5, 5.41) is 10.9. The van der Waals surface area contributed by atoms with E-state index in [-0.39, 0.29) is 28.5 Å². The van der Waals surface area contributed by atoms with Crippen molar-refractivity contribution >= 4 is 23.1 Å². The van der Waals surface area contributed by atoms with Crippen LogP contribution >= 0.6 is 11.6 Å². The van der Waals surface area contributed by atoms with Crippen LogP contribution in [-0.2, 0) is 6.42 Å². The number of halogens is 2. The number of aryl methyl sites for hydroxylation is 1. The lowest BCUT2D eigenvalue weighted by atomic mass is 9.98. The van der Waals surface area contributed by atoms with Crippen molar-refractivity contribution in [2.75, 3.05) is 0 Å². The number of hydrogen-bond acceptors (Lipinski definition) is 3. The minimum absolute atomic E-state index is 0.0898. The van der Waals surface area contributed by atoms with E-state index < -0.39 is 10.7 Å². The minimum atomic E-state index is -0.546. The zero-order valence-electron chi connectivity index (χ0n) is 11.1. The summed E-state index contributed by atoms with van der Waals surface area (Å²) in [5.74, 6) is -0.884. The Morgan fingerprint density at radius 2 is 2.05 bits per heavy atom. The van der Waals surface area contributed by atoms with E-state index >= 15 is 0 Å². The molecule has 4 nitrogen and oxygen atoms in total. The number of Topliss-reactive ketones (excluding diaryl/α,β-unsaturated/α-hetero) is 1. The molecule has 21 heavy (non-hydrogen) atoms. The molecule has 108 valence electrons. The lowest BCUT2D eigenvalue weighted by Crippen LogP contribution is -2.08. The van der Waals surface area contributed by atoms with E-state index in [9.17, 15) is 19.3 Å². The van der Waals surface area contributed by atoms with Gasteiger partial charge in [0.2, 0.25) is 0 Å². The van der Waals surface area contributed by atoms with Crippen LogP contribution in [0.15, 0.2) is 36.4 Å². The summed E-state index contributed by atoms with van der Waals surface area (Å²) in [6, 6.07) is 8.15. The Bertz CT molecular complexity index is 711. The molecule has 0 aliphatic carbocycles. The zero-order chi connectivity index (χ0) is 15.6. The van der Waals surface area contributed by atoms with Crippen LogP contribution in [0.1, 0.15) is 21.5 Å². The molecule has 0 saturated carbocycles. The van der Waals surface area contributed by atoms with Gasteiger partial charge in [-0.15, -0.1) is 0 Å². The maximum absolute atomic E-state index is 13.7. The SMILES string of the molecule is Cc1cc([N+](=O)[O-])ccc1C(=O)Cc1c(F)cccc1Cl. The lowest BCUT2D eigenvalue weighted by Gasteiger charge is -2.07. The second-order valence-corrected chi connectivity index (χ2v) is 4.96. The molecule has 0 radical (unpaired) electrons. The molecule has 0 bridgehead atoms. The van der Waals surface area contributed by atoms with Gasteiger partial charge in [0.25, 0.3) is 5.69 Å². The summed E-state index contributed by atoms with van der Waals surface area (Å²) >= 11 is 5.89. The minimum Gasteiger partial charge on any atom is -0.294 e. The highest BCUT2D eigenvalue weighted by molar-refractivity contribution is 6.31. The normalized spacial score (nSPS) is 10.4. The first-order valence-corrected chi connectivity index (χ1v) is 6.49. The van der Waals surface area contributed by atoms with E-state index in [1.54, 1.807) is 6.92 Å². The fourth-order valence-electron chi connectivity index (χ4n) is 2.03. The Kier molecular flexibility index (Phi) is 4.33. The number of non-ortho nitro benzene ring substituents is 1. The molecule has 0 unspecified atom stereocenters. The third kappa shape index (κ3) is 3.25. The van der Waals surface area contributed by atoms with Crippen LogP contribution < -0.4 is 0 Å². The van der Waals surface area contributed by atoms with Crippen molar-refractivity contribution in [2.45, 2.75) is 13.3 Å². The second kappa shape index (κ2) is 6.01. The average Bonchev–Trinajstić information content (AvgIpc) is 2.42. The number of ketones is 1. The summed E-state index contributed by atoms with van der Waals surface area (Å²) in [6.07, 6.45) is -0.190. The third-order valence-electron chi connectivity index (χ3n) is 3.12. The first-order chi connectivity index (χ1) is 9.90. The van der Waals surface area contributed by atoms with Gasteiger partial charge in [0.1, 0.15) is 5.82 Å². The Morgan fingerprint density at radius 3 is 2.62 bits per heavy atom. The molecule has 0 aliphatic rings. The molecular weight excluding hydrogens is 297 g/mol. The van der Waals surface area contributed by atoms with Gasteiger partial charge in [-0.05, 0) is 30.7 Å². The van der Waals surface area contributed by atoms with E-state index in [0.29, 0.717) is 11.1 Å². The molecule has 2 rings (SSSR count). The Morgan fingerprint density at radius 1 is 1.33 bits per heavy atom. The molecule has 0 N–H and O–H groups in total. The maximum atomic E-state index is 13.7. The zero-order valence-corrected chi connectivity index (χ0v) is 11.9. The topological polar surface area (TPSA) is 60.2 Å². The largest absolute Gasteiger partial charge is 0.294 e. The summed E-state index contributed by atoms with van der Waals surface area (Å²) in [4.78, 5) is 22.4. The monoisotopic (exact) mass is 307 g/mol. The van der Waals surface area contributed by atoms with Crippen molar-refractivity contribution in [2.24, 2.45) is 0 Å². The fourth-order valence-corrected chi connectivity index (χ4v) is 2.26. The van der Waals surface area contributed by atoms with Crippen molar-refractivity contribution in [3.05, 3.63) is 74.0 Å². The molecule has 0 spiro atoms. The third-order valence-corrected chi connectivity index (χ3v) is 3.47. The van der Waals surface area contributed by atoms with Gasteiger partial charge in [0, 0.05) is 34.7 Å². The number of nitro groups is 1.